The van der Waals surface area contributed by atoms with Gasteiger partial charge in [-0.2, -0.15) is 0 Å². The van der Waals surface area contributed by atoms with Gasteiger partial charge in [0.25, 0.3) is 0 Å². The summed E-state index contributed by atoms with van der Waals surface area (Å²) in [7, 11) is 0. The molecular weight excluding hydrogens is 208 g/mol. The second kappa shape index (κ2) is 4.16. The van der Waals surface area contributed by atoms with E-state index in [9.17, 15) is 4.79 Å². The van der Waals surface area contributed by atoms with E-state index in [-0.39, 0.29) is 5.78 Å². The van der Waals surface area contributed by atoms with Gasteiger partial charge in [-0.1, -0.05) is 23.1 Å². The van der Waals surface area contributed by atoms with Crippen molar-refractivity contribution >= 4 is 17.4 Å². The summed E-state index contributed by atoms with van der Waals surface area (Å²) in [5.74, 6) is -0.0306. The molecule has 0 saturated heterocycles. The Kier molecular flexibility index (Phi) is 2.71. The summed E-state index contributed by atoms with van der Waals surface area (Å²) in [6, 6.07) is 6.82. The molecule has 0 N–H and O–H groups in total. The van der Waals surface area contributed by atoms with Crippen LogP contribution in [0.2, 0.25) is 5.02 Å². The summed E-state index contributed by atoms with van der Waals surface area (Å²) in [6.07, 6.45) is 5.01. The van der Waals surface area contributed by atoms with Crippen LogP contribution >= 0.6 is 11.6 Å². The van der Waals surface area contributed by atoms with E-state index in [2.05, 4.69) is 11.5 Å². The summed E-state index contributed by atoms with van der Waals surface area (Å²) in [4.78, 5) is 11.9. The number of benzene rings is 1. The van der Waals surface area contributed by atoms with Gasteiger partial charge in [-0.3, -0.25) is 4.79 Å². The largest absolute Gasteiger partial charge is 0.289 e. The van der Waals surface area contributed by atoms with E-state index in [1.807, 2.05) is 0 Å². The predicted octanol–water partition coefficient (Wildman–Crippen LogP) is 3.33. The molecule has 15 heavy (non-hydrogen) atoms. The maximum Gasteiger partial charge on any atom is 0.193 e. The number of rotatable bonds is 2. The fourth-order valence-corrected chi connectivity index (χ4v) is 1.38. The minimum Gasteiger partial charge on any atom is -0.289 e. The standard InChI is InChI=1S/C13H7ClO/c14-12-8-6-11(7-9-12)13(15)10-4-2-1-3-5-10/h2,4-9H. The van der Waals surface area contributed by atoms with Gasteiger partial charge in [-0.25, -0.2) is 0 Å². The third-order valence-electron chi connectivity index (χ3n) is 2.03. The van der Waals surface area contributed by atoms with Gasteiger partial charge in [-0.05, 0) is 42.5 Å². The number of ketones is 1. The fraction of sp³-hybridized carbons (Fsp3) is 0. The minimum absolute atomic E-state index is 0.0306. The first kappa shape index (κ1) is 9.76. The summed E-state index contributed by atoms with van der Waals surface area (Å²) in [5.41, 5.74) is 6.73. The van der Waals surface area contributed by atoms with E-state index < -0.39 is 0 Å². The van der Waals surface area contributed by atoms with Crippen molar-refractivity contribution < 1.29 is 4.79 Å². The Morgan fingerprint density at radius 2 is 1.87 bits per heavy atom. The zero-order valence-corrected chi connectivity index (χ0v) is 8.58. The Bertz CT molecular complexity index is 522. The van der Waals surface area contributed by atoms with Crippen molar-refractivity contribution in [2.75, 3.05) is 0 Å². The zero-order chi connectivity index (χ0) is 10.7. The monoisotopic (exact) mass is 214 g/mol. The lowest BCUT2D eigenvalue weighted by molar-refractivity contribution is 0.103. The summed E-state index contributed by atoms with van der Waals surface area (Å²) in [5, 5.41) is 0.625. The molecule has 0 saturated carbocycles. The normalized spacial score (nSPS) is 12.7. The molecule has 0 bridgehead atoms. The number of carbonyl (C=O) groups excluding carboxylic acids is 1. The summed E-state index contributed by atoms with van der Waals surface area (Å²) < 4.78 is 0. The van der Waals surface area contributed by atoms with Crippen molar-refractivity contribution in [3.63, 3.8) is 0 Å². The highest BCUT2D eigenvalue weighted by molar-refractivity contribution is 6.30. The maximum absolute atomic E-state index is 11.9. The molecule has 2 rings (SSSR count). The lowest BCUT2D eigenvalue weighted by atomic mass is 10.0. The zero-order valence-electron chi connectivity index (χ0n) is 7.83. The number of halogens is 1. The van der Waals surface area contributed by atoms with Crippen LogP contribution in [0.4, 0.5) is 0 Å². The van der Waals surface area contributed by atoms with Gasteiger partial charge in [-0.15, -0.1) is 0 Å². The first-order valence-corrected chi connectivity index (χ1v) is 4.83. The van der Waals surface area contributed by atoms with Gasteiger partial charge in [0, 0.05) is 16.2 Å². The van der Waals surface area contributed by atoms with Crippen LogP contribution in [0.1, 0.15) is 10.4 Å². The highest BCUT2D eigenvalue weighted by Gasteiger charge is 2.09. The van der Waals surface area contributed by atoms with E-state index >= 15 is 0 Å². The molecule has 0 fully saturated rings. The van der Waals surface area contributed by atoms with Crippen LogP contribution in [-0.4, -0.2) is 5.78 Å². The molecule has 1 nitrogen and oxygen atoms in total. The molecule has 1 aliphatic rings. The van der Waals surface area contributed by atoms with Crippen molar-refractivity contribution in [2.45, 2.75) is 0 Å². The smallest absolute Gasteiger partial charge is 0.193 e. The van der Waals surface area contributed by atoms with Gasteiger partial charge >= 0.3 is 0 Å². The number of Topliss-reactive ketones (excluding diaryl/α,β-unsaturated/α-hetero) is 1. The predicted molar refractivity (Wildman–Crippen MR) is 60.0 cm³/mol. The number of hydrogen-bond donors (Lipinski definition) is 0. The lowest BCUT2D eigenvalue weighted by Crippen LogP contribution is -2.01. The van der Waals surface area contributed by atoms with Crippen molar-refractivity contribution in [3.8, 4) is 0 Å². The molecule has 1 aromatic rings. The molecular formula is C13H7ClO. The third-order valence-corrected chi connectivity index (χ3v) is 2.28. The number of carbonyl (C=O) groups is 1. The third kappa shape index (κ3) is 2.18. The summed E-state index contributed by atoms with van der Waals surface area (Å²) in [6.45, 7) is 0. The van der Waals surface area contributed by atoms with Gasteiger partial charge in [0.1, 0.15) is 0 Å². The molecule has 0 heterocycles. The van der Waals surface area contributed by atoms with Crippen LogP contribution in [0.25, 0.3) is 0 Å². The maximum atomic E-state index is 11.9. The topological polar surface area (TPSA) is 17.1 Å². The second-order valence-electron chi connectivity index (χ2n) is 3.06. The second-order valence-corrected chi connectivity index (χ2v) is 3.49. The van der Waals surface area contributed by atoms with Crippen LogP contribution < -0.4 is 0 Å². The molecule has 0 radical (unpaired) electrons. The van der Waals surface area contributed by atoms with Crippen molar-refractivity contribution in [1.82, 2.24) is 0 Å². The first-order chi connectivity index (χ1) is 7.27. The molecule has 0 atom stereocenters. The van der Waals surface area contributed by atoms with Gasteiger partial charge in [0.05, 0.1) is 0 Å². The fourth-order valence-electron chi connectivity index (χ4n) is 1.26. The summed E-state index contributed by atoms with van der Waals surface area (Å²) >= 11 is 5.74. The quantitative estimate of drug-likeness (QED) is 0.545. The highest BCUT2D eigenvalue weighted by Crippen LogP contribution is 2.14. The number of allylic oxidation sites excluding steroid dienone is 4. The van der Waals surface area contributed by atoms with Crippen molar-refractivity contribution in [2.24, 2.45) is 0 Å². The van der Waals surface area contributed by atoms with Crippen LogP contribution in [0.5, 0.6) is 0 Å². The van der Waals surface area contributed by atoms with E-state index in [0.29, 0.717) is 16.2 Å². The molecule has 0 aromatic heterocycles. The molecule has 0 amide bonds. The van der Waals surface area contributed by atoms with Crippen LogP contribution in [0.3, 0.4) is 0 Å². The molecule has 0 unspecified atom stereocenters. The highest BCUT2D eigenvalue weighted by atomic mass is 35.5. The van der Waals surface area contributed by atoms with Gasteiger partial charge in [0.2, 0.25) is 0 Å². The first-order valence-electron chi connectivity index (χ1n) is 4.45. The van der Waals surface area contributed by atoms with E-state index in [1.165, 1.54) is 0 Å². The molecule has 1 aliphatic carbocycles. The van der Waals surface area contributed by atoms with Crippen LogP contribution in [0, 0.1) is 0 Å². The van der Waals surface area contributed by atoms with Crippen LogP contribution in [-0.2, 0) is 0 Å². The molecule has 1 aromatic carbocycles. The van der Waals surface area contributed by atoms with Gasteiger partial charge < -0.3 is 0 Å². The average Bonchev–Trinajstić information content (AvgIpc) is 2.30. The molecule has 2 heteroatoms. The molecule has 0 aliphatic heterocycles. The van der Waals surface area contributed by atoms with E-state index in [1.54, 1.807) is 42.5 Å². The Hall–Kier alpha value is -1.78. The minimum atomic E-state index is -0.0306. The van der Waals surface area contributed by atoms with E-state index in [4.69, 9.17) is 11.6 Å². The van der Waals surface area contributed by atoms with Crippen molar-refractivity contribution in [1.29, 1.82) is 0 Å². The van der Waals surface area contributed by atoms with E-state index in [0.717, 1.165) is 0 Å². The average molecular weight is 215 g/mol. The Morgan fingerprint density at radius 1 is 1.13 bits per heavy atom. The van der Waals surface area contributed by atoms with Crippen LogP contribution in [0.15, 0.2) is 59.5 Å². The Morgan fingerprint density at radius 3 is 2.47 bits per heavy atom. The van der Waals surface area contributed by atoms with Crippen molar-refractivity contribution in [3.05, 3.63) is 70.1 Å². The Labute approximate surface area is 92.7 Å². The number of hydrogen-bond acceptors (Lipinski definition) is 1. The molecule has 0 spiro atoms. The molecule has 72 valence electrons. The van der Waals surface area contributed by atoms with Gasteiger partial charge in [0.15, 0.2) is 5.78 Å². The Balaban J connectivity index is 2.30. The SMILES string of the molecule is O=C(C1=CC=C=C=C1)c1ccc(Cl)cc1. The lowest BCUT2D eigenvalue weighted by Gasteiger charge is -2.01.